The molecule has 0 bridgehead atoms. The van der Waals surface area contributed by atoms with Crippen molar-refractivity contribution in [1.82, 2.24) is 9.80 Å². The van der Waals surface area contributed by atoms with Gasteiger partial charge < -0.3 is 19.3 Å². The van der Waals surface area contributed by atoms with Gasteiger partial charge in [-0.3, -0.25) is 9.59 Å². The molecule has 1 aromatic carbocycles. The fourth-order valence-corrected chi connectivity index (χ4v) is 2.27. The van der Waals surface area contributed by atoms with E-state index in [0.717, 1.165) is 17.9 Å². The third-order valence-electron chi connectivity index (χ3n) is 3.78. The van der Waals surface area contributed by atoms with Gasteiger partial charge in [0, 0.05) is 19.6 Å². The van der Waals surface area contributed by atoms with Gasteiger partial charge in [0.15, 0.2) is 0 Å². The van der Waals surface area contributed by atoms with Crippen molar-refractivity contribution in [2.75, 3.05) is 47.9 Å². The van der Waals surface area contributed by atoms with Gasteiger partial charge >= 0.3 is 5.97 Å². The molecule has 6 nitrogen and oxygen atoms in total. The normalized spacial score (nSPS) is 11.9. The molecular weight excluding hydrogens is 308 g/mol. The molecule has 0 saturated heterocycles. The Bertz CT molecular complexity index is 528. The molecule has 0 radical (unpaired) electrons. The fraction of sp³-hybridized carbons (Fsp3) is 0.556. The Hall–Kier alpha value is -2.08. The summed E-state index contributed by atoms with van der Waals surface area (Å²) in [6, 6.07) is 7.43. The summed E-state index contributed by atoms with van der Waals surface area (Å²) in [5.41, 5.74) is 0.918. The lowest BCUT2D eigenvalue weighted by molar-refractivity contribution is -0.146. The highest BCUT2D eigenvalue weighted by Crippen LogP contribution is 2.13. The van der Waals surface area contributed by atoms with Crippen LogP contribution in [0.15, 0.2) is 24.3 Å². The number of methoxy groups -OCH3 is 2. The zero-order chi connectivity index (χ0) is 18.1. The maximum atomic E-state index is 12.7. The minimum atomic E-state index is -0.350. The Balaban J connectivity index is 2.75. The van der Waals surface area contributed by atoms with E-state index in [1.165, 1.54) is 7.11 Å². The molecule has 1 unspecified atom stereocenters. The monoisotopic (exact) mass is 336 g/mol. The highest BCUT2D eigenvalue weighted by Gasteiger charge is 2.21. The second kappa shape index (κ2) is 9.93. The Kier molecular flexibility index (Phi) is 8.26. The van der Waals surface area contributed by atoms with E-state index in [0.29, 0.717) is 19.5 Å². The molecule has 134 valence electrons. The largest absolute Gasteiger partial charge is 0.497 e. The van der Waals surface area contributed by atoms with Gasteiger partial charge in [-0.2, -0.15) is 0 Å². The number of carbonyl (C=O) groups excluding carboxylic acids is 2. The zero-order valence-corrected chi connectivity index (χ0v) is 15.2. The molecule has 0 aliphatic rings. The lowest BCUT2D eigenvalue weighted by Crippen LogP contribution is -2.41. The lowest BCUT2D eigenvalue weighted by Gasteiger charge is -2.26. The third-order valence-corrected chi connectivity index (χ3v) is 3.78. The van der Waals surface area contributed by atoms with E-state index in [1.807, 2.05) is 43.3 Å². The van der Waals surface area contributed by atoms with Crippen LogP contribution >= 0.6 is 0 Å². The average molecular weight is 336 g/mol. The van der Waals surface area contributed by atoms with Crippen molar-refractivity contribution in [2.45, 2.75) is 13.3 Å². The third kappa shape index (κ3) is 6.58. The van der Waals surface area contributed by atoms with E-state index >= 15 is 0 Å². The van der Waals surface area contributed by atoms with Gasteiger partial charge in [-0.15, -0.1) is 0 Å². The molecule has 0 fully saturated rings. The van der Waals surface area contributed by atoms with Crippen LogP contribution in [0.1, 0.15) is 12.5 Å². The number of carbonyl (C=O) groups is 2. The van der Waals surface area contributed by atoms with Crippen LogP contribution in [0.3, 0.4) is 0 Å². The van der Waals surface area contributed by atoms with Crippen LogP contribution in [0.5, 0.6) is 5.75 Å². The molecular formula is C18H28N2O4. The lowest BCUT2D eigenvalue weighted by atomic mass is 10.1. The molecule has 0 aliphatic heterocycles. The van der Waals surface area contributed by atoms with Crippen LogP contribution in [0, 0.1) is 5.92 Å². The number of benzene rings is 1. The van der Waals surface area contributed by atoms with Crippen molar-refractivity contribution in [2.24, 2.45) is 5.92 Å². The topological polar surface area (TPSA) is 59.1 Å². The SMILES string of the molecule is COC(=O)C(C)CN(CCN(C)C)C(=O)Cc1ccc(OC)cc1. The van der Waals surface area contributed by atoms with E-state index in [-0.39, 0.29) is 17.8 Å². The van der Waals surface area contributed by atoms with E-state index in [9.17, 15) is 9.59 Å². The van der Waals surface area contributed by atoms with Crippen LogP contribution in [0.2, 0.25) is 0 Å². The summed E-state index contributed by atoms with van der Waals surface area (Å²) in [4.78, 5) is 28.0. The smallest absolute Gasteiger partial charge is 0.310 e. The summed E-state index contributed by atoms with van der Waals surface area (Å²) < 4.78 is 9.89. The summed E-state index contributed by atoms with van der Waals surface area (Å²) in [6.07, 6.45) is 0.297. The first kappa shape index (κ1) is 20.0. The Morgan fingerprint density at radius 2 is 1.71 bits per heavy atom. The molecule has 0 aliphatic carbocycles. The number of hydrogen-bond acceptors (Lipinski definition) is 5. The van der Waals surface area contributed by atoms with Gasteiger partial charge in [0.05, 0.1) is 26.6 Å². The fourth-order valence-electron chi connectivity index (χ4n) is 2.27. The number of likely N-dealkylation sites (N-methyl/N-ethyl adjacent to an activating group) is 1. The minimum absolute atomic E-state index is 0.00206. The molecule has 1 aromatic rings. The number of hydrogen-bond donors (Lipinski definition) is 0. The summed E-state index contributed by atoms with van der Waals surface area (Å²) in [7, 11) is 6.88. The molecule has 24 heavy (non-hydrogen) atoms. The molecule has 1 rings (SSSR count). The van der Waals surface area contributed by atoms with Crippen LogP contribution in [-0.4, -0.2) is 69.6 Å². The first-order chi connectivity index (χ1) is 11.4. The molecule has 0 heterocycles. The van der Waals surface area contributed by atoms with Crippen molar-refractivity contribution in [3.63, 3.8) is 0 Å². The van der Waals surface area contributed by atoms with Gasteiger partial charge in [-0.05, 0) is 31.8 Å². The van der Waals surface area contributed by atoms with Gasteiger partial charge in [0.25, 0.3) is 0 Å². The standard InChI is InChI=1S/C18H28N2O4/c1-14(18(22)24-5)13-20(11-10-19(2)3)17(21)12-15-6-8-16(23-4)9-7-15/h6-9,14H,10-13H2,1-5H3. The highest BCUT2D eigenvalue weighted by atomic mass is 16.5. The Morgan fingerprint density at radius 1 is 1.08 bits per heavy atom. The minimum Gasteiger partial charge on any atom is -0.497 e. The first-order valence-corrected chi connectivity index (χ1v) is 8.00. The molecule has 6 heteroatoms. The second-order valence-electron chi connectivity index (χ2n) is 6.09. The molecule has 1 amide bonds. The van der Waals surface area contributed by atoms with E-state index in [4.69, 9.17) is 9.47 Å². The molecule has 0 aromatic heterocycles. The summed E-state index contributed by atoms with van der Waals surface area (Å²) in [5.74, 6) is 0.104. The van der Waals surface area contributed by atoms with Crippen LogP contribution < -0.4 is 4.74 Å². The highest BCUT2D eigenvalue weighted by molar-refractivity contribution is 5.80. The second-order valence-corrected chi connectivity index (χ2v) is 6.09. The van der Waals surface area contributed by atoms with Crippen molar-refractivity contribution in [3.8, 4) is 5.75 Å². The molecule has 0 spiro atoms. The van der Waals surface area contributed by atoms with Crippen molar-refractivity contribution < 1.29 is 19.1 Å². The van der Waals surface area contributed by atoms with Crippen molar-refractivity contribution in [1.29, 1.82) is 0 Å². The summed E-state index contributed by atoms with van der Waals surface area (Å²) in [6.45, 7) is 3.44. The molecule has 0 N–H and O–H groups in total. The van der Waals surface area contributed by atoms with Crippen LogP contribution in [0.4, 0.5) is 0 Å². The van der Waals surface area contributed by atoms with Crippen LogP contribution in [-0.2, 0) is 20.7 Å². The number of ether oxygens (including phenoxy) is 2. The summed E-state index contributed by atoms with van der Waals surface area (Å²) >= 11 is 0. The van der Waals surface area contributed by atoms with E-state index in [2.05, 4.69) is 0 Å². The summed E-state index contributed by atoms with van der Waals surface area (Å²) in [5, 5.41) is 0. The predicted molar refractivity (Wildman–Crippen MR) is 93.0 cm³/mol. The number of rotatable bonds is 9. The van der Waals surface area contributed by atoms with Gasteiger partial charge in [-0.1, -0.05) is 19.1 Å². The maximum Gasteiger partial charge on any atom is 0.310 e. The van der Waals surface area contributed by atoms with Crippen molar-refractivity contribution >= 4 is 11.9 Å². The molecule has 1 atom stereocenters. The Morgan fingerprint density at radius 3 is 2.21 bits per heavy atom. The number of amides is 1. The van der Waals surface area contributed by atoms with Gasteiger partial charge in [0.2, 0.25) is 5.91 Å². The zero-order valence-electron chi connectivity index (χ0n) is 15.2. The van der Waals surface area contributed by atoms with E-state index < -0.39 is 0 Å². The van der Waals surface area contributed by atoms with Gasteiger partial charge in [-0.25, -0.2) is 0 Å². The van der Waals surface area contributed by atoms with Crippen molar-refractivity contribution in [3.05, 3.63) is 29.8 Å². The van der Waals surface area contributed by atoms with Crippen LogP contribution in [0.25, 0.3) is 0 Å². The maximum absolute atomic E-state index is 12.7. The first-order valence-electron chi connectivity index (χ1n) is 8.00. The molecule has 0 saturated carbocycles. The number of esters is 1. The predicted octanol–water partition coefficient (Wildman–Crippen LogP) is 1.44. The van der Waals surface area contributed by atoms with E-state index in [1.54, 1.807) is 18.9 Å². The Labute approximate surface area is 144 Å². The quantitative estimate of drug-likeness (QED) is 0.639. The average Bonchev–Trinajstić information content (AvgIpc) is 2.57. The van der Waals surface area contributed by atoms with Gasteiger partial charge in [0.1, 0.15) is 5.75 Å². The number of nitrogens with zero attached hydrogens (tertiary/aromatic N) is 2.